The summed E-state index contributed by atoms with van der Waals surface area (Å²) < 4.78 is 0. The lowest BCUT2D eigenvalue weighted by Crippen LogP contribution is -2.56. The SMILES string of the molecule is CC1CCC(C(C)C)C(N2CCN(/C(=N\c3ccccc3)Nc3ccc4[nH]nc(-c5nc6ccc(N7CCC(N8CCCCC8)CC7)cc6[nH]5)c4c3)CC2)C1. The number of hydrogen-bond donors (Lipinski definition) is 3. The first-order valence-electron chi connectivity index (χ1n) is 21.3. The van der Waals surface area contributed by atoms with Crippen molar-refractivity contribution in [1.82, 2.24) is 34.9 Å². The van der Waals surface area contributed by atoms with E-state index < -0.39 is 0 Å². The molecule has 0 radical (unpaired) electrons. The van der Waals surface area contributed by atoms with E-state index in [0.29, 0.717) is 6.04 Å². The van der Waals surface area contributed by atoms with Gasteiger partial charge in [0.1, 0.15) is 5.69 Å². The number of guanidine groups is 1. The Kier molecular flexibility index (Phi) is 10.5. The van der Waals surface area contributed by atoms with Crippen molar-refractivity contribution in [2.45, 2.75) is 84.2 Å². The largest absolute Gasteiger partial charge is 0.371 e. The van der Waals surface area contributed by atoms with E-state index in [9.17, 15) is 0 Å². The second kappa shape index (κ2) is 16.0. The van der Waals surface area contributed by atoms with E-state index in [2.05, 4.69) is 116 Å². The number of aromatic amines is 2. The van der Waals surface area contributed by atoms with Gasteiger partial charge in [0.25, 0.3) is 0 Å². The van der Waals surface area contributed by atoms with Crippen LogP contribution in [0, 0.1) is 17.8 Å². The first-order valence-corrected chi connectivity index (χ1v) is 21.3. The Labute approximate surface area is 326 Å². The number of nitrogens with zero attached hydrogens (tertiary/aromatic N) is 7. The molecule has 10 heteroatoms. The molecule has 0 spiro atoms. The molecule has 4 aliphatic rings. The number of fused-ring (bicyclic) bond motifs is 2. The van der Waals surface area contributed by atoms with E-state index in [1.807, 2.05) is 6.07 Å². The van der Waals surface area contributed by atoms with Gasteiger partial charge in [-0.15, -0.1) is 0 Å². The van der Waals surface area contributed by atoms with Gasteiger partial charge in [0.15, 0.2) is 5.82 Å². The van der Waals surface area contributed by atoms with Crippen LogP contribution in [0.25, 0.3) is 33.5 Å². The van der Waals surface area contributed by atoms with Gasteiger partial charge in [-0.1, -0.05) is 51.8 Å². The highest BCUT2D eigenvalue weighted by molar-refractivity contribution is 6.00. The fourth-order valence-corrected chi connectivity index (χ4v) is 10.1. The number of likely N-dealkylation sites (tertiary alicyclic amines) is 1. The number of piperidine rings is 2. The maximum absolute atomic E-state index is 5.19. The molecule has 5 aromatic rings. The Hall–Kier alpha value is -4.41. The lowest BCUT2D eigenvalue weighted by molar-refractivity contribution is 0.0360. The van der Waals surface area contributed by atoms with Crippen LogP contribution < -0.4 is 10.2 Å². The van der Waals surface area contributed by atoms with Gasteiger partial charge in [0, 0.05) is 68.1 Å². The normalized spacial score (nSPS) is 24.0. The summed E-state index contributed by atoms with van der Waals surface area (Å²) in [5.74, 6) is 4.00. The van der Waals surface area contributed by atoms with Crippen molar-refractivity contribution in [3.05, 3.63) is 66.7 Å². The average molecular weight is 741 g/mol. The Morgan fingerprint density at radius 2 is 1.60 bits per heavy atom. The summed E-state index contributed by atoms with van der Waals surface area (Å²) in [5, 5.41) is 12.8. The first-order chi connectivity index (χ1) is 26.9. The monoisotopic (exact) mass is 741 g/mol. The van der Waals surface area contributed by atoms with Crippen molar-refractivity contribution in [2.24, 2.45) is 22.7 Å². The fourth-order valence-electron chi connectivity index (χ4n) is 10.1. The second-order valence-corrected chi connectivity index (χ2v) is 17.2. The number of hydrogen-bond acceptors (Lipinski definition) is 6. The average Bonchev–Trinajstić information content (AvgIpc) is 3.85. The molecular weight excluding hydrogens is 681 g/mol. The number of piperazine rings is 1. The Bertz CT molecular complexity index is 2060. The minimum absolute atomic E-state index is 0.682. The molecule has 9 rings (SSSR count). The van der Waals surface area contributed by atoms with E-state index in [0.717, 1.165) is 114 Å². The van der Waals surface area contributed by atoms with E-state index in [4.69, 9.17) is 15.1 Å². The van der Waals surface area contributed by atoms with Gasteiger partial charge < -0.3 is 25.0 Å². The number of aromatic nitrogens is 4. The summed E-state index contributed by atoms with van der Waals surface area (Å²) in [6.07, 6.45) is 10.7. The molecule has 0 bridgehead atoms. The van der Waals surface area contributed by atoms with Crippen LogP contribution in [0.5, 0.6) is 0 Å². The Balaban J connectivity index is 0.924. The van der Waals surface area contributed by atoms with Gasteiger partial charge in [0.2, 0.25) is 5.96 Å². The summed E-state index contributed by atoms with van der Waals surface area (Å²) in [5.41, 5.74) is 7.04. The highest BCUT2D eigenvalue weighted by atomic mass is 15.4. The predicted molar refractivity (Wildman–Crippen MR) is 227 cm³/mol. The maximum Gasteiger partial charge on any atom is 0.203 e. The molecule has 5 heterocycles. The molecule has 1 saturated carbocycles. The van der Waals surface area contributed by atoms with Crippen LogP contribution in [-0.4, -0.2) is 105 Å². The van der Waals surface area contributed by atoms with Crippen molar-refractivity contribution < 1.29 is 0 Å². The van der Waals surface area contributed by atoms with Gasteiger partial charge >= 0.3 is 0 Å². The lowest BCUT2D eigenvalue weighted by atomic mass is 9.73. The highest BCUT2D eigenvalue weighted by Crippen LogP contribution is 2.37. The summed E-state index contributed by atoms with van der Waals surface area (Å²) in [6.45, 7) is 16.1. The lowest BCUT2D eigenvalue weighted by Gasteiger charge is -2.47. The molecule has 290 valence electrons. The predicted octanol–water partition coefficient (Wildman–Crippen LogP) is 8.74. The van der Waals surface area contributed by atoms with E-state index in [1.54, 1.807) is 0 Å². The van der Waals surface area contributed by atoms with Gasteiger partial charge in [-0.25, -0.2) is 9.98 Å². The standard InChI is InChI=1S/C45H60N10/c1-31(2)37-15-12-32(3)28-42(37)54-24-26-55(27-25-54)45(46-33-10-6-4-7-11-33)47-34-13-16-39-38(29-34)43(51-50-39)44-48-40-17-14-36(30-41(40)49-44)53-22-18-35(19-23-53)52-20-8-5-9-21-52/h4,6-7,10-11,13-14,16-17,29-32,35,37,42H,5,8-9,12,15,18-28H2,1-3H3,(H,46,47)(H,48,49)(H,50,51). The third-order valence-electron chi connectivity index (χ3n) is 13.3. The summed E-state index contributed by atoms with van der Waals surface area (Å²) in [6, 6.07) is 24.8. The second-order valence-electron chi connectivity index (χ2n) is 17.2. The smallest absolute Gasteiger partial charge is 0.203 e. The molecule has 3 unspecified atom stereocenters. The first kappa shape index (κ1) is 36.2. The third kappa shape index (κ3) is 7.85. The zero-order chi connectivity index (χ0) is 37.3. The van der Waals surface area contributed by atoms with Crippen molar-refractivity contribution in [3.8, 4) is 11.5 Å². The third-order valence-corrected chi connectivity index (χ3v) is 13.3. The fraction of sp³-hybridized carbons (Fsp3) is 0.533. The van der Waals surface area contributed by atoms with Crippen molar-refractivity contribution in [3.63, 3.8) is 0 Å². The molecular formula is C45H60N10. The topological polar surface area (TPSA) is 94.7 Å². The van der Waals surface area contributed by atoms with Crippen LogP contribution in [0.1, 0.15) is 72.1 Å². The van der Waals surface area contributed by atoms with Gasteiger partial charge in [-0.3, -0.25) is 10.00 Å². The molecule has 4 fully saturated rings. The van der Waals surface area contributed by atoms with Gasteiger partial charge in [-0.2, -0.15) is 5.10 Å². The molecule has 3 aromatic carbocycles. The molecule has 0 amide bonds. The molecule has 3 N–H and O–H groups in total. The quantitative estimate of drug-likeness (QED) is 0.114. The number of para-hydroxylation sites is 1. The number of imidazole rings is 1. The summed E-state index contributed by atoms with van der Waals surface area (Å²) in [4.78, 5) is 24.4. The Morgan fingerprint density at radius 1 is 0.800 bits per heavy atom. The number of H-pyrrole nitrogens is 2. The van der Waals surface area contributed by atoms with E-state index in [1.165, 1.54) is 70.1 Å². The molecule has 55 heavy (non-hydrogen) atoms. The van der Waals surface area contributed by atoms with Crippen LogP contribution in [0.4, 0.5) is 17.1 Å². The number of rotatable bonds is 7. The molecule has 3 aliphatic heterocycles. The number of aliphatic imine (C=N–C) groups is 1. The van der Waals surface area contributed by atoms with Crippen LogP contribution in [-0.2, 0) is 0 Å². The molecule has 3 saturated heterocycles. The van der Waals surface area contributed by atoms with Crippen LogP contribution in [0.2, 0.25) is 0 Å². The van der Waals surface area contributed by atoms with Crippen LogP contribution >= 0.6 is 0 Å². The summed E-state index contributed by atoms with van der Waals surface area (Å²) >= 11 is 0. The number of benzene rings is 3. The minimum Gasteiger partial charge on any atom is -0.371 e. The van der Waals surface area contributed by atoms with Crippen molar-refractivity contribution >= 4 is 45.0 Å². The van der Waals surface area contributed by atoms with Crippen molar-refractivity contribution in [1.29, 1.82) is 0 Å². The number of anilines is 2. The van der Waals surface area contributed by atoms with Crippen LogP contribution in [0.15, 0.2) is 71.7 Å². The number of nitrogens with one attached hydrogen (secondary N) is 3. The Morgan fingerprint density at radius 3 is 2.38 bits per heavy atom. The zero-order valence-corrected chi connectivity index (χ0v) is 33.2. The van der Waals surface area contributed by atoms with Crippen LogP contribution in [0.3, 0.4) is 0 Å². The van der Waals surface area contributed by atoms with E-state index in [-0.39, 0.29) is 0 Å². The van der Waals surface area contributed by atoms with Gasteiger partial charge in [0.05, 0.1) is 22.2 Å². The molecule has 3 atom stereocenters. The molecule has 10 nitrogen and oxygen atoms in total. The van der Waals surface area contributed by atoms with Gasteiger partial charge in [-0.05, 0) is 118 Å². The molecule has 1 aliphatic carbocycles. The van der Waals surface area contributed by atoms with Crippen molar-refractivity contribution in [2.75, 3.05) is 62.6 Å². The van der Waals surface area contributed by atoms with E-state index >= 15 is 0 Å². The zero-order valence-electron chi connectivity index (χ0n) is 33.2. The summed E-state index contributed by atoms with van der Waals surface area (Å²) in [7, 11) is 0. The maximum atomic E-state index is 5.19. The highest BCUT2D eigenvalue weighted by Gasteiger charge is 2.36. The molecule has 2 aromatic heterocycles. The minimum atomic E-state index is 0.682.